The van der Waals surface area contributed by atoms with Gasteiger partial charge in [-0.2, -0.15) is 0 Å². The lowest BCUT2D eigenvalue weighted by Gasteiger charge is -2.12. The van der Waals surface area contributed by atoms with Crippen molar-refractivity contribution in [2.24, 2.45) is 5.92 Å². The second kappa shape index (κ2) is 10.2. The molecule has 0 aliphatic carbocycles. The largest absolute Gasteiger partial charge is 0.481 e. The van der Waals surface area contributed by atoms with Crippen LogP contribution >= 0.6 is 0 Å². The number of carboxylic acids is 1. The Morgan fingerprint density at radius 3 is 2.52 bits per heavy atom. The van der Waals surface area contributed by atoms with E-state index in [0.717, 1.165) is 5.56 Å². The molecule has 1 rings (SSSR count). The second-order valence-corrected chi connectivity index (χ2v) is 5.30. The first-order valence-corrected chi connectivity index (χ1v) is 7.51. The summed E-state index contributed by atoms with van der Waals surface area (Å²) in [6.07, 6.45) is 6.63. The van der Waals surface area contributed by atoms with Gasteiger partial charge in [0.15, 0.2) is 5.78 Å². The van der Waals surface area contributed by atoms with Crippen LogP contribution in [0.5, 0.6) is 0 Å². The molecule has 0 fully saturated rings. The number of benzene rings is 1. The van der Waals surface area contributed by atoms with E-state index < -0.39 is 11.9 Å². The number of Topliss-reactive ketones (excluding diaryl/α,β-unsaturated/α-hetero) is 1. The lowest BCUT2D eigenvalue weighted by molar-refractivity contribution is -0.143. The topological polar surface area (TPSA) is 83.5 Å². The molecule has 0 radical (unpaired) electrons. The maximum atomic E-state index is 11.9. The van der Waals surface area contributed by atoms with Gasteiger partial charge in [-0.05, 0) is 18.4 Å². The van der Waals surface area contributed by atoms with Gasteiger partial charge in [0.2, 0.25) is 5.91 Å². The van der Waals surface area contributed by atoms with Gasteiger partial charge in [-0.25, -0.2) is 0 Å². The lowest BCUT2D eigenvalue weighted by Crippen LogP contribution is -2.31. The van der Waals surface area contributed by atoms with Crippen molar-refractivity contribution in [2.75, 3.05) is 6.54 Å². The van der Waals surface area contributed by atoms with Crippen LogP contribution in [0.4, 0.5) is 0 Å². The number of ketones is 1. The Labute approximate surface area is 136 Å². The van der Waals surface area contributed by atoms with Crippen LogP contribution in [0.1, 0.15) is 31.2 Å². The summed E-state index contributed by atoms with van der Waals surface area (Å²) in [5, 5.41) is 11.7. The maximum absolute atomic E-state index is 11.9. The number of aliphatic carboxylic acids is 1. The molecule has 0 bridgehead atoms. The summed E-state index contributed by atoms with van der Waals surface area (Å²) in [5.74, 6) is 0.0976. The molecule has 0 aliphatic rings. The third-order valence-electron chi connectivity index (χ3n) is 3.36. The summed E-state index contributed by atoms with van der Waals surface area (Å²) in [4.78, 5) is 34.7. The highest BCUT2D eigenvalue weighted by molar-refractivity contribution is 5.88. The fraction of sp³-hybridized carbons (Fsp3) is 0.389. The van der Waals surface area contributed by atoms with E-state index in [0.29, 0.717) is 12.8 Å². The molecule has 2 N–H and O–H groups in total. The van der Waals surface area contributed by atoms with Crippen molar-refractivity contribution in [3.63, 3.8) is 0 Å². The SMILES string of the molecule is C#CCCCC(=O)NCC(=O)CC(Cc1ccccc1)C(=O)O. The van der Waals surface area contributed by atoms with E-state index in [1.165, 1.54) is 0 Å². The molecule has 1 atom stereocenters. The summed E-state index contributed by atoms with van der Waals surface area (Å²) in [5.41, 5.74) is 0.867. The molecule has 23 heavy (non-hydrogen) atoms. The first-order chi connectivity index (χ1) is 11.0. The summed E-state index contributed by atoms with van der Waals surface area (Å²) in [6.45, 7) is -0.145. The molecule has 5 heteroatoms. The Morgan fingerprint density at radius 2 is 1.91 bits per heavy atom. The van der Waals surface area contributed by atoms with Crippen LogP contribution in [0.3, 0.4) is 0 Å². The number of carboxylic acid groups (broad SMARTS) is 1. The molecule has 1 amide bonds. The molecular formula is C18H21NO4. The summed E-state index contributed by atoms with van der Waals surface area (Å²) < 4.78 is 0. The van der Waals surface area contributed by atoms with E-state index in [1.54, 1.807) is 0 Å². The molecule has 1 aromatic rings. The predicted octanol–water partition coefficient (Wildman–Crippen LogP) is 1.81. The van der Waals surface area contributed by atoms with Crippen molar-refractivity contribution in [3.05, 3.63) is 35.9 Å². The Bertz CT molecular complexity index is 574. The minimum atomic E-state index is -1.01. The first kappa shape index (κ1) is 18.4. The highest BCUT2D eigenvalue weighted by Crippen LogP contribution is 2.13. The maximum Gasteiger partial charge on any atom is 0.307 e. The number of hydrogen-bond donors (Lipinski definition) is 2. The molecule has 0 saturated carbocycles. The number of hydrogen-bond acceptors (Lipinski definition) is 3. The smallest absolute Gasteiger partial charge is 0.307 e. The van der Waals surface area contributed by atoms with Gasteiger partial charge in [0, 0.05) is 19.3 Å². The van der Waals surface area contributed by atoms with Gasteiger partial charge < -0.3 is 10.4 Å². The lowest BCUT2D eigenvalue weighted by atomic mass is 9.94. The molecule has 0 aromatic heterocycles. The van der Waals surface area contributed by atoms with Gasteiger partial charge in [-0.1, -0.05) is 30.3 Å². The van der Waals surface area contributed by atoms with Crippen LogP contribution in [0, 0.1) is 18.3 Å². The van der Waals surface area contributed by atoms with E-state index in [9.17, 15) is 19.5 Å². The standard InChI is InChI=1S/C18H21NO4/c1-2-3-5-10-17(21)19-13-16(20)12-15(18(22)23)11-14-8-6-4-7-9-14/h1,4,6-9,15H,3,5,10-13H2,(H,19,21)(H,22,23). The molecule has 1 unspecified atom stereocenters. The summed E-state index contributed by atoms with van der Waals surface area (Å²) in [6, 6.07) is 9.15. The normalized spacial score (nSPS) is 11.3. The number of terminal acetylenes is 1. The zero-order valence-electron chi connectivity index (χ0n) is 13.0. The van der Waals surface area contributed by atoms with Crippen LogP contribution in [0.15, 0.2) is 30.3 Å². The fourth-order valence-electron chi connectivity index (χ4n) is 2.13. The highest BCUT2D eigenvalue weighted by Gasteiger charge is 2.21. The van der Waals surface area contributed by atoms with Gasteiger partial charge in [-0.3, -0.25) is 14.4 Å². The van der Waals surface area contributed by atoms with Crippen molar-refractivity contribution >= 4 is 17.7 Å². The summed E-state index contributed by atoms with van der Waals surface area (Å²) >= 11 is 0. The van der Waals surface area contributed by atoms with Crippen molar-refractivity contribution in [1.29, 1.82) is 0 Å². The van der Waals surface area contributed by atoms with Crippen LogP contribution in [0.2, 0.25) is 0 Å². The van der Waals surface area contributed by atoms with E-state index in [1.807, 2.05) is 30.3 Å². The Hall–Kier alpha value is -2.61. The number of unbranched alkanes of at least 4 members (excludes halogenated alkanes) is 1. The molecule has 5 nitrogen and oxygen atoms in total. The zero-order valence-corrected chi connectivity index (χ0v) is 13.0. The number of carbonyl (C=O) groups is 3. The average molecular weight is 315 g/mol. The third kappa shape index (κ3) is 7.82. The van der Waals surface area contributed by atoms with Crippen molar-refractivity contribution in [2.45, 2.75) is 32.1 Å². The third-order valence-corrected chi connectivity index (χ3v) is 3.36. The molecule has 0 spiro atoms. The predicted molar refractivity (Wildman–Crippen MR) is 86.6 cm³/mol. The molecule has 122 valence electrons. The van der Waals surface area contributed by atoms with E-state index in [2.05, 4.69) is 11.2 Å². The molecule has 1 aromatic carbocycles. The molecule has 0 aliphatic heterocycles. The van der Waals surface area contributed by atoms with Crippen molar-refractivity contribution in [1.82, 2.24) is 5.32 Å². The Morgan fingerprint density at radius 1 is 1.22 bits per heavy atom. The number of amides is 1. The highest BCUT2D eigenvalue weighted by atomic mass is 16.4. The van der Waals surface area contributed by atoms with Gasteiger partial charge in [0.05, 0.1) is 12.5 Å². The quantitative estimate of drug-likeness (QED) is 0.509. The van der Waals surface area contributed by atoms with Crippen LogP contribution in [0.25, 0.3) is 0 Å². The molecule has 0 saturated heterocycles. The van der Waals surface area contributed by atoms with Gasteiger partial charge in [0.25, 0.3) is 0 Å². The molecule has 0 heterocycles. The number of rotatable bonds is 10. The molecular weight excluding hydrogens is 294 g/mol. The zero-order chi connectivity index (χ0) is 17.1. The van der Waals surface area contributed by atoms with Crippen LogP contribution < -0.4 is 5.32 Å². The minimum absolute atomic E-state index is 0.102. The van der Waals surface area contributed by atoms with Crippen LogP contribution in [-0.4, -0.2) is 29.3 Å². The van der Waals surface area contributed by atoms with Crippen molar-refractivity contribution < 1.29 is 19.5 Å². The summed E-state index contributed by atoms with van der Waals surface area (Å²) in [7, 11) is 0. The van der Waals surface area contributed by atoms with Gasteiger partial charge >= 0.3 is 5.97 Å². The number of nitrogens with one attached hydrogen (secondary N) is 1. The second-order valence-electron chi connectivity index (χ2n) is 5.30. The Kier molecular flexibility index (Phi) is 8.16. The van der Waals surface area contributed by atoms with Gasteiger partial charge in [0.1, 0.15) is 0 Å². The Balaban J connectivity index is 2.41. The minimum Gasteiger partial charge on any atom is -0.481 e. The fourth-order valence-corrected chi connectivity index (χ4v) is 2.13. The monoisotopic (exact) mass is 315 g/mol. The number of carbonyl (C=O) groups excluding carboxylic acids is 2. The van der Waals surface area contributed by atoms with E-state index in [-0.39, 0.29) is 37.5 Å². The van der Waals surface area contributed by atoms with Gasteiger partial charge in [-0.15, -0.1) is 12.3 Å². The van der Waals surface area contributed by atoms with Crippen LogP contribution in [-0.2, 0) is 20.8 Å². The van der Waals surface area contributed by atoms with E-state index >= 15 is 0 Å². The van der Waals surface area contributed by atoms with Crippen molar-refractivity contribution in [3.8, 4) is 12.3 Å². The van der Waals surface area contributed by atoms with E-state index in [4.69, 9.17) is 6.42 Å². The average Bonchev–Trinajstić information content (AvgIpc) is 2.53. The first-order valence-electron chi connectivity index (χ1n) is 7.51.